The molecule has 0 unspecified atom stereocenters. The van der Waals surface area contributed by atoms with Gasteiger partial charge in [0.05, 0.1) is 14.2 Å². The van der Waals surface area contributed by atoms with Crippen LogP contribution in [0.25, 0.3) is 0 Å². The monoisotopic (exact) mass is 1200 g/mol. The summed E-state index contributed by atoms with van der Waals surface area (Å²) in [5.74, 6) is -0.0477. The summed E-state index contributed by atoms with van der Waals surface area (Å²) in [7, 11) is -3.20. The predicted molar refractivity (Wildman–Crippen MR) is 211 cm³/mol. The van der Waals surface area contributed by atoms with E-state index in [0.717, 1.165) is 11.1 Å². The van der Waals surface area contributed by atoms with Crippen LogP contribution in [0.5, 0.6) is 23.0 Å². The van der Waals surface area contributed by atoms with E-state index >= 15 is 0 Å². The Kier molecular flexibility index (Phi) is 48.6. The summed E-state index contributed by atoms with van der Waals surface area (Å²) in [5, 5.41) is 40.6. The number of hydrogen-bond acceptors (Lipinski definition) is 18. The molecule has 2 aromatic carbocycles. The topological polar surface area (TPSA) is 276 Å². The third kappa shape index (κ3) is 37.4. The van der Waals surface area contributed by atoms with Crippen LogP contribution < -0.4 is 148 Å². The van der Waals surface area contributed by atoms with Crippen molar-refractivity contribution in [3.8, 4) is 23.0 Å². The zero-order valence-electron chi connectivity index (χ0n) is 37.2. The number of halogens is 1. The average molecular weight is 1200 g/mol. The van der Waals surface area contributed by atoms with Crippen LogP contribution in [-0.2, 0) is 62.1 Å². The van der Waals surface area contributed by atoms with E-state index in [4.69, 9.17) is 46.7 Å². The number of ether oxygens (including phenoxy) is 2. The number of allylic oxidation sites excluding steroid dienone is 4. The van der Waals surface area contributed by atoms with Gasteiger partial charge in [-0.3, -0.25) is 19.2 Å². The molecule has 3 rings (SSSR count). The normalized spacial score (nSPS) is 10.9. The number of hydrogen-bond donors (Lipinski definition) is 3. The molecule has 0 heterocycles. The molecule has 314 valence electrons. The summed E-state index contributed by atoms with van der Waals surface area (Å²) in [6, 6.07) is 6.47. The minimum atomic E-state index is -2.95. The van der Waals surface area contributed by atoms with Gasteiger partial charge in [0.25, 0.3) is 6.47 Å². The Morgan fingerprint density at radius 2 is 1.07 bits per heavy atom. The van der Waals surface area contributed by atoms with Crippen molar-refractivity contribution in [3.05, 3.63) is 69.8 Å². The van der Waals surface area contributed by atoms with E-state index in [2.05, 4.69) is 35.5 Å². The molecule has 0 saturated carbocycles. The predicted octanol–water partition coefficient (Wildman–Crippen LogP) is -2.83. The molecule has 0 atom stereocenters. The molecule has 0 aromatic heterocycles. The van der Waals surface area contributed by atoms with Gasteiger partial charge in [0, 0.05) is 25.0 Å². The number of carbonyl (C=O) groups excluding carboxylic acids is 4. The molecule has 0 aliphatic heterocycles. The molecule has 1 aliphatic rings. The quantitative estimate of drug-likeness (QED) is 0.0290. The van der Waals surface area contributed by atoms with Crippen molar-refractivity contribution in [1.29, 1.82) is 0 Å². The van der Waals surface area contributed by atoms with Crippen molar-refractivity contribution in [2.45, 2.75) is 79.3 Å². The average Bonchev–Trinajstić information content (AvgIpc) is 3.12. The maximum absolute atomic E-state index is 10.9. The molecule has 0 spiro atoms. The van der Waals surface area contributed by atoms with Crippen LogP contribution in [0.4, 0.5) is 0 Å². The summed E-state index contributed by atoms with van der Waals surface area (Å²) < 4.78 is 45.9. The molecule has 0 radical (unpaired) electrons. The Morgan fingerprint density at radius 1 is 0.746 bits per heavy atom. The van der Waals surface area contributed by atoms with Crippen LogP contribution in [0.3, 0.4) is 0 Å². The van der Waals surface area contributed by atoms with Crippen molar-refractivity contribution in [3.63, 3.8) is 0 Å². The molecule has 25 heteroatoms. The van der Waals surface area contributed by atoms with E-state index in [9.17, 15) is 19.5 Å². The minimum absolute atomic E-state index is 0. The van der Waals surface area contributed by atoms with Gasteiger partial charge in [0.1, 0.15) is 27.3 Å². The number of methoxy groups -OCH3 is 1. The van der Waals surface area contributed by atoms with Crippen LogP contribution in [-0.4, -0.2) is 124 Å². The van der Waals surface area contributed by atoms with Crippen LogP contribution in [0, 0.1) is 27.7 Å². The van der Waals surface area contributed by atoms with Crippen molar-refractivity contribution < 1.29 is 225 Å². The van der Waals surface area contributed by atoms with Gasteiger partial charge in [0.2, 0.25) is 5.79 Å². The first kappa shape index (κ1) is 72.1. The van der Waals surface area contributed by atoms with Gasteiger partial charge in [-0.15, -0.1) is 0 Å². The molecule has 0 amide bonds. The third-order valence-corrected chi connectivity index (χ3v) is 7.17. The number of phenols is 3. The molecule has 1 aliphatic carbocycles. The Bertz CT molecular complexity index is 1830. The number of carbonyl (C=O) groups is 4. The SMILES string of the molecule is CC1=CC(=O)C(C)=CC1=O.COC(=O)C(C)(C)Br.COOOC(C)(C)Oc1cc(C)c(O)cc1C.Cc1cc(O)c(C)cc1O.O=CO[O-].O=S(=O)=S(=O)=O.[Cs+].[Cs+].[H-].[Na][Na]. The van der Waals surface area contributed by atoms with Crippen LogP contribution in [0.15, 0.2) is 47.6 Å². The van der Waals surface area contributed by atoms with Crippen LogP contribution >= 0.6 is 15.9 Å². The summed E-state index contributed by atoms with van der Waals surface area (Å²) >= 11 is 6.02. The summed E-state index contributed by atoms with van der Waals surface area (Å²) in [6.45, 7) is 17.1. The van der Waals surface area contributed by atoms with Crippen LogP contribution in [0.1, 0.15) is 65.2 Å². The van der Waals surface area contributed by atoms with Crippen molar-refractivity contribution in [1.82, 2.24) is 0 Å². The summed E-state index contributed by atoms with van der Waals surface area (Å²) in [5.41, 5.74) is 3.98. The molecule has 59 heavy (non-hydrogen) atoms. The van der Waals surface area contributed by atoms with E-state index < -0.39 is 28.6 Å². The molecule has 18 nitrogen and oxygen atoms in total. The number of aryl methyl sites for hydroxylation is 4. The number of ketones is 2. The Morgan fingerprint density at radius 3 is 1.32 bits per heavy atom. The molecule has 3 N–H and O–H groups in total. The van der Waals surface area contributed by atoms with Gasteiger partial charge >= 0.3 is 206 Å². The second-order valence-electron chi connectivity index (χ2n) is 11.6. The fourth-order valence-corrected chi connectivity index (χ4v) is 3.24. The zero-order chi connectivity index (χ0) is 45.9. The van der Waals surface area contributed by atoms with Crippen molar-refractivity contribution in [2.75, 3.05) is 14.2 Å². The van der Waals surface area contributed by atoms with E-state index in [1.165, 1.54) is 70.0 Å². The Hall–Kier alpha value is 1.46. The Labute approximate surface area is 503 Å². The van der Waals surface area contributed by atoms with Gasteiger partial charge in [-0.25, -0.2) is 4.89 Å². The first-order valence-electron chi connectivity index (χ1n) is 16.1. The summed E-state index contributed by atoms with van der Waals surface area (Å²) in [6.07, 6.45) is 2.75. The first-order valence-corrected chi connectivity index (χ1v) is 27.6. The van der Waals surface area contributed by atoms with Gasteiger partial charge in [0.15, 0.2) is 11.6 Å². The van der Waals surface area contributed by atoms with Gasteiger partial charge in [-0.2, -0.15) is 21.7 Å². The van der Waals surface area contributed by atoms with E-state index in [0.29, 0.717) is 28.0 Å². The second-order valence-corrected chi connectivity index (χ2v) is 16.0. The Balaban J connectivity index is -0.000000116. The van der Waals surface area contributed by atoms with Gasteiger partial charge in [-0.05, 0) is 114 Å². The van der Waals surface area contributed by atoms with E-state index in [1.807, 2.05) is 6.92 Å². The fourth-order valence-electron chi connectivity index (χ4n) is 3.07. The van der Waals surface area contributed by atoms with Gasteiger partial charge < -0.3 is 36.4 Å². The second kappa shape index (κ2) is 39.8. The number of esters is 1. The van der Waals surface area contributed by atoms with E-state index in [1.54, 1.807) is 86.6 Å². The first-order chi connectivity index (χ1) is 26.1. The zero-order valence-corrected chi connectivity index (χ0v) is 56.0. The van der Waals surface area contributed by atoms with Crippen molar-refractivity contribution >= 4 is 102 Å². The van der Waals surface area contributed by atoms with Gasteiger partial charge in [-0.1, -0.05) is 21.0 Å². The summed E-state index contributed by atoms with van der Waals surface area (Å²) in [4.78, 5) is 52.8. The number of rotatable bonds is 7. The maximum atomic E-state index is 10.9. The fraction of sp³-hybridized carbons (Fsp3) is 0.412. The molecular weight excluding hydrogens is 1150 g/mol. The molecule has 0 fully saturated rings. The molecule has 2 aromatic rings. The number of phenolic OH excluding ortho intramolecular Hbond substituents is 3. The van der Waals surface area contributed by atoms with Crippen molar-refractivity contribution in [2.24, 2.45) is 0 Å². The van der Waals surface area contributed by atoms with E-state index in [-0.39, 0.29) is 180 Å². The van der Waals surface area contributed by atoms with Crippen LogP contribution in [0.2, 0.25) is 0 Å². The molecule has 0 bridgehead atoms. The standard InChI is InChI=1S/C12H18O5.C8H10O2.C8H8O2.C5H9BrO2.CH2O3.2Cs.2Na.O4S2.H/c1-8-7-11(9(2)6-10(8)13)15-12(3,4)16-17-14-5;2*1-5-3-8(10)6(2)4-7(5)9;1-5(2,6)4(7)8-3;2-1-4-3;;;;;1-5(2)6(3)4;/h6-7,13H,1-5H3;3-4,9-10H,1-2H3;3-4H,1-2H3;1-3H3;1,3H;;;;;;/q;;;;;2*+1;;;;-1/p-1. The third-order valence-electron chi connectivity index (χ3n) is 5.96. The molecule has 0 saturated heterocycles. The molecular formula is C34H47BrCs2Na2O18S2. The number of benzene rings is 2. The number of alkyl halides is 1. The number of aromatic hydroxyl groups is 3.